The Balaban J connectivity index is 1.82. The Kier molecular flexibility index (Phi) is 8.76. The molecule has 13 heteroatoms. The van der Waals surface area contributed by atoms with E-state index in [0.717, 1.165) is 12.1 Å². The first-order chi connectivity index (χ1) is 19.7. The number of nitrogens with one attached hydrogen (secondary N) is 1. The van der Waals surface area contributed by atoms with Crippen LogP contribution in [0.4, 0.5) is 27.6 Å². The summed E-state index contributed by atoms with van der Waals surface area (Å²) in [6.07, 6.45) is -5.82. The Morgan fingerprint density at radius 1 is 1.12 bits per heavy atom. The zero-order valence-corrected chi connectivity index (χ0v) is 23.0. The van der Waals surface area contributed by atoms with Crippen LogP contribution in [0.5, 0.6) is 5.75 Å². The standard InChI is InChI=1S/C29H25ClF5N3O4/c1-14(2)38-22-10-7-16(31)12-23(22)42-13-21(28(38)41)37-27(40)18(11-15-5-3-4-6-19(15)30)24-20(32)9-8-17(26(36)39)25(24)29(33,34)35/h3-10,12,14,18,21H,11,13H2,1-2H3,(H2,36,39)(H,37,40)/t18-,21?/m1/s1. The quantitative estimate of drug-likeness (QED) is 0.351. The summed E-state index contributed by atoms with van der Waals surface area (Å²) in [5.41, 5.74) is 1.73. The van der Waals surface area contributed by atoms with Crippen LogP contribution in [0.3, 0.4) is 0 Å². The van der Waals surface area contributed by atoms with Gasteiger partial charge in [-0.2, -0.15) is 13.2 Å². The minimum absolute atomic E-state index is 0.0148. The van der Waals surface area contributed by atoms with Gasteiger partial charge in [-0.3, -0.25) is 14.4 Å². The molecule has 42 heavy (non-hydrogen) atoms. The fraction of sp³-hybridized carbons (Fsp3) is 0.276. The van der Waals surface area contributed by atoms with Crippen LogP contribution in [0.1, 0.15) is 46.8 Å². The average Bonchev–Trinajstić information content (AvgIpc) is 3.03. The fourth-order valence-electron chi connectivity index (χ4n) is 4.90. The van der Waals surface area contributed by atoms with Crippen LogP contribution >= 0.6 is 11.6 Å². The normalized spacial score (nSPS) is 16.0. The number of hydrogen-bond donors (Lipinski definition) is 2. The lowest BCUT2D eigenvalue weighted by molar-refractivity contribution is -0.139. The first kappa shape index (κ1) is 30.8. The molecule has 0 fully saturated rings. The number of halogens is 6. The van der Waals surface area contributed by atoms with Gasteiger partial charge in [-0.05, 0) is 56.2 Å². The molecule has 3 N–H and O–H groups in total. The summed E-state index contributed by atoms with van der Waals surface area (Å²) < 4.78 is 77.9. The lowest BCUT2D eigenvalue weighted by Crippen LogP contribution is -2.53. The van der Waals surface area contributed by atoms with E-state index in [2.05, 4.69) is 5.32 Å². The van der Waals surface area contributed by atoms with Crippen molar-refractivity contribution in [2.75, 3.05) is 11.5 Å². The molecule has 0 aromatic heterocycles. The molecule has 7 nitrogen and oxygen atoms in total. The lowest BCUT2D eigenvalue weighted by atomic mass is 9.85. The molecular weight excluding hydrogens is 585 g/mol. The fourth-order valence-corrected chi connectivity index (χ4v) is 5.11. The topological polar surface area (TPSA) is 102 Å². The van der Waals surface area contributed by atoms with Crippen LogP contribution in [0, 0.1) is 11.6 Å². The summed E-state index contributed by atoms with van der Waals surface area (Å²) in [7, 11) is 0. The highest BCUT2D eigenvalue weighted by Crippen LogP contribution is 2.41. The Labute approximate surface area is 242 Å². The number of primary amides is 1. The molecule has 3 aromatic carbocycles. The van der Waals surface area contributed by atoms with Crippen molar-refractivity contribution in [2.24, 2.45) is 5.73 Å². The number of benzene rings is 3. The molecule has 0 radical (unpaired) electrons. The Morgan fingerprint density at radius 2 is 1.81 bits per heavy atom. The molecule has 1 unspecified atom stereocenters. The minimum Gasteiger partial charge on any atom is -0.489 e. The molecule has 222 valence electrons. The number of amides is 3. The zero-order valence-electron chi connectivity index (χ0n) is 22.3. The maximum atomic E-state index is 15.3. The molecular formula is C29H25ClF5N3O4. The van der Waals surface area contributed by atoms with Crippen LogP contribution in [0.15, 0.2) is 54.6 Å². The van der Waals surface area contributed by atoms with Gasteiger partial charge in [-0.25, -0.2) is 8.78 Å². The molecule has 3 amide bonds. The Bertz CT molecular complexity index is 1550. The van der Waals surface area contributed by atoms with Crippen molar-refractivity contribution in [1.29, 1.82) is 0 Å². The third kappa shape index (κ3) is 6.18. The van der Waals surface area contributed by atoms with Crippen molar-refractivity contribution in [3.63, 3.8) is 0 Å². The highest BCUT2D eigenvalue weighted by atomic mass is 35.5. The second-order valence-electron chi connectivity index (χ2n) is 9.88. The van der Waals surface area contributed by atoms with E-state index in [1.807, 2.05) is 0 Å². The van der Waals surface area contributed by atoms with Crippen molar-refractivity contribution in [3.8, 4) is 5.75 Å². The predicted molar refractivity (Wildman–Crippen MR) is 144 cm³/mol. The van der Waals surface area contributed by atoms with Gasteiger partial charge in [0.1, 0.15) is 30.0 Å². The van der Waals surface area contributed by atoms with Crippen molar-refractivity contribution in [2.45, 2.75) is 44.4 Å². The van der Waals surface area contributed by atoms with Gasteiger partial charge in [-0.1, -0.05) is 29.8 Å². The number of ether oxygens (including phenoxy) is 1. The Hall–Kier alpha value is -4.19. The molecule has 0 saturated heterocycles. The molecule has 1 aliphatic heterocycles. The highest BCUT2D eigenvalue weighted by molar-refractivity contribution is 6.31. The van der Waals surface area contributed by atoms with Crippen LogP contribution in [-0.4, -0.2) is 36.4 Å². The van der Waals surface area contributed by atoms with Crippen molar-refractivity contribution in [3.05, 3.63) is 93.5 Å². The van der Waals surface area contributed by atoms with Gasteiger partial charge in [-0.15, -0.1) is 0 Å². The summed E-state index contributed by atoms with van der Waals surface area (Å²) in [6.45, 7) is 2.82. The number of carbonyl (C=O) groups excluding carboxylic acids is 3. The number of carbonyl (C=O) groups is 3. The van der Waals surface area contributed by atoms with Crippen LogP contribution in [0.2, 0.25) is 5.02 Å². The summed E-state index contributed by atoms with van der Waals surface area (Å²) in [5, 5.41) is 2.48. The van der Waals surface area contributed by atoms with Gasteiger partial charge in [0.25, 0.3) is 5.91 Å². The number of fused-ring (bicyclic) bond motifs is 1. The van der Waals surface area contributed by atoms with Gasteiger partial charge in [0, 0.05) is 22.7 Å². The van der Waals surface area contributed by atoms with Crippen LogP contribution in [-0.2, 0) is 22.2 Å². The SMILES string of the molecule is CC(C)N1C(=O)C(NC(=O)[C@H](Cc2ccccc2Cl)c2c(F)ccc(C(N)=O)c2C(F)(F)F)COc2cc(F)ccc21. The smallest absolute Gasteiger partial charge is 0.417 e. The van der Waals surface area contributed by atoms with Crippen molar-refractivity contribution in [1.82, 2.24) is 5.32 Å². The maximum Gasteiger partial charge on any atom is 0.417 e. The first-order valence-corrected chi connectivity index (χ1v) is 13.1. The monoisotopic (exact) mass is 609 g/mol. The molecule has 1 heterocycles. The third-order valence-corrected chi connectivity index (χ3v) is 7.11. The molecule has 4 rings (SSSR count). The lowest BCUT2D eigenvalue weighted by Gasteiger charge is -2.29. The summed E-state index contributed by atoms with van der Waals surface area (Å²) in [4.78, 5) is 40.6. The van der Waals surface area contributed by atoms with Gasteiger partial charge in [0.05, 0.1) is 22.7 Å². The second kappa shape index (κ2) is 12.0. The van der Waals surface area contributed by atoms with E-state index in [-0.39, 0.29) is 22.0 Å². The van der Waals surface area contributed by atoms with Crippen molar-refractivity contribution >= 4 is 35.0 Å². The van der Waals surface area contributed by atoms with E-state index in [1.165, 1.54) is 29.2 Å². The predicted octanol–water partition coefficient (Wildman–Crippen LogP) is 5.38. The Morgan fingerprint density at radius 3 is 2.43 bits per heavy atom. The number of nitrogens with two attached hydrogens (primary N) is 1. The van der Waals surface area contributed by atoms with Gasteiger partial charge < -0.3 is 20.7 Å². The third-order valence-electron chi connectivity index (χ3n) is 6.74. The highest BCUT2D eigenvalue weighted by Gasteiger charge is 2.43. The van der Waals surface area contributed by atoms with E-state index in [0.29, 0.717) is 12.1 Å². The maximum absolute atomic E-state index is 15.3. The summed E-state index contributed by atoms with van der Waals surface area (Å²) in [6, 6.07) is 8.71. The van der Waals surface area contributed by atoms with Crippen LogP contribution < -0.4 is 20.7 Å². The zero-order chi connectivity index (χ0) is 30.9. The van der Waals surface area contributed by atoms with Gasteiger partial charge >= 0.3 is 6.18 Å². The minimum atomic E-state index is -5.29. The van der Waals surface area contributed by atoms with Crippen LogP contribution in [0.25, 0.3) is 0 Å². The molecule has 2 atom stereocenters. The van der Waals surface area contributed by atoms with Crippen molar-refractivity contribution < 1.29 is 41.1 Å². The number of rotatable bonds is 7. The van der Waals surface area contributed by atoms with E-state index in [4.69, 9.17) is 22.1 Å². The van der Waals surface area contributed by atoms with E-state index < -0.39 is 83.3 Å². The van der Waals surface area contributed by atoms with E-state index in [9.17, 15) is 31.9 Å². The average molecular weight is 610 g/mol. The molecule has 0 aliphatic carbocycles. The largest absolute Gasteiger partial charge is 0.489 e. The molecule has 0 bridgehead atoms. The molecule has 3 aromatic rings. The number of hydrogen-bond acceptors (Lipinski definition) is 4. The number of anilines is 1. The van der Waals surface area contributed by atoms with Gasteiger partial charge in [0.15, 0.2) is 0 Å². The number of alkyl halides is 3. The number of nitrogens with zero attached hydrogens (tertiary/aromatic N) is 1. The summed E-state index contributed by atoms with van der Waals surface area (Å²) >= 11 is 6.23. The first-order valence-electron chi connectivity index (χ1n) is 12.7. The second-order valence-corrected chi connectivity index (χ2v) is 10.3. The molecule has 1 aliphatic rings. The molecule has 0 saturated carbocycles. The molecule has 0 spiro atoms. The summed E-state index contributed by atoms with van der Waals surface area (Å²) in [5.74, 6) is -7.33. The van der Waals surface area contributed by atoms with E-state index in [1.54, 1.807) is 19.9 Å². The van der Waals surface area contributed by atoms with E-state index >= 15 is 4.39 Å². The van der Waals surface area contributed by atoms with Gasteiger partial charge in [0.2, 0.25) is 11.8 Å².